The quantitative estimate of drug-likeness (QED) is 0.359. The third-order valence-electron chi connectivity index (χ3n) is 5.77. The average Bonchev–Trinajstić information content (AvgIpc) is 3.08. The molecule has 0 saturated carbocycles. The Morgan fingerprint density at radius 2 is 1.04 bits per heavy atom. The van der Waals surface area contributed by atoms with Crippen LogP contribution in [0.15, 0.2) is 84.9 Å². The summed E-state index contributed by atoms with van der Waals surface area (Å²) in [6.45, 7) is 0. The van der Waals surface area contributed by atoms with Crippen molar-refractivity contribution in [2.75, 3.05) is 0 Å². The van der Waals surface area contributed by atoms with E-state index in [1.165, 1.54) is 32.3 Å². The second-order valence-electron chi connectivity index (χ2n) is 7.25. The summed E-state index contributed by atoms with van der Waals surface area (Å²) in [7, 11) is -1.46. The van der Waals surface area contributed by atoms with Gasteiger partial charge in [0, 0.05) is 16.5 Å². The van der Waals surface area contributed by atoms with Crippen molar-refractivity contribution in [3.05, 3.63) is 84.9 Å². The summed E-state index contributed by atoms with van der Waals surface area (Å²) >= 11 is 0. The summed E-state index contributed by atoms with van der Waals surface area (Å²) in [6.07, 6.45) is 0. The second kappa shape index (κ2) is 5.58. The smallest absolute Gasteiger partial charge is 0.423 e. The van der Waals surface area contributed by atoms with Crippen molar-refractivity contribution in [1.82, 2.24) is 4.57 Å². The zero-order chi connectivity index (χ0) is 18.8. The molecule has 2 N–H and O–H groups in total. The first-order chi connectivity index (χ1) is 13.7. The Labute approximate surface area is 161 Å². The summed E-state index contributed by atoms with van der Waals surface area (Å²) in [5.74, 6) is 0. The molecule has 6 aromatic rings. The number of fused-ring (bicyclic) bond motifs is 3. The van der Waals surface area contributed by atoms with E-state index in [0.29, 0.717) is 5.46 Å². The molecule has 6 rings (SSSR count). The molecule has 132 valence electrons. The lowest BCUT2D eigenvalue weighted by Crippen LogP contribution is -2.29. The molecule has 4 heteroatoms. The van der Waals surface area contributed by atoms with Crippen LogP contribution in [0.3, 0.4) is 0 Å². The minimum Gasteiger partial charge on any atom is -0.423 e. The maximum atomic E-state index is 9.42. The van der Waals surface area contributed by atoms with E-state index in [0.717, 1.165) is 16.7 Å². The molecule has 0 fully saturated rings. The highest BCUT2D eigenvalue weighted by Gasteiger charge is 2.19. The van der Waals surface area contributed by atoms with E-state index in [-0.39, 0.29) is 0 Å². The van der Waals surface area contributed by atoms with Crippen molar-refractivity contribution >= 4 is 55.9 Å². The number of benzene rings is 5. The summed E-state index contributed by atoms with van der Waals surface area (Å²) in [4.78, 5) is 0. The van der Waals surface area contributed by atoms with Crippen molar-refractivity contribution in [2.24, 2.45) is 0 Å². The molecule has 0 aliphatic carbocycles. The van der Waals surface area contributed by atoms with Crippen LogP contribution >= 0.6 is 0 Å². The van der Waals surface area contributed by atoms with Gasteiger partial charge < -0.3 is 14.6 Å². The largest absolute Gasteiger partial charge is 0.488 e. The van der Waals surface area contributed by atoms with Gasteiger partial charge in [0.1, 0.15) is 0 Å². The standard InChI is InChI=1S/C24H16BNO2/c27-25(28)15-11-13-16(14-12-15)26-21-9-3-7-19-17-5-1-2-6-18(17)20-8-4-10-22(26)24(20)23(19)21/h1-14,27-28H. The van der Waals surface area contributed by atoms with Gasteiger partial charge >= 0.3 is 7.12 Å². The van der Waals surface area contributed by atoms with Crippen LogP contribution in [0.2, 0.25) is 0 Å². The third kappa shape index (κ3) is 1.96. The second-order valence-corrected chi connectivity index (χ2v) is 7.25. The normalized spacial score (nSPS) is 11.9. The van der Waals surface area contributed by atoms with Crippen LogP contribution < -0.4 is 5.46 Å². The van der Waals surface area contributed by atoms with Gasteiger partial charge in [-0.05, 0) is 51.3 Å². The fourth-order valence-electron chi connectivity index (χ4n) is 4.58. The van der Waals surface area contributed by atoms with Gasteiger partial charge in [0.2, 0.25) is 0 Å². The van der Waals surface area contributed by atoms with Crippen LogP contribution in [-0.2, 0) is 0 Å². The molecular weight excluding hydrogens is 345 g/mol. The molecule has 0 unspecified atom stereocenters. The first-order valence-electron chi connectivity index (χ1n) is 9.36. The van der Waals surface area contributed by atoms with Crippen molar-refractivity contribution < 1.29 is 10.0 Å². The molecule has 28 heavy (non-hydrogen) atoms. The Kier molecular flexibility index (Phi) is 3.13. The van der Waals surface area contributed by atoms with Gasteiger partial charge in [0.15, 0.2) is 0 Å². The van der Waals surface area contributed by atoms with Crippen molar-refractivity contribution in [1.29, 1.82) is 0 Å². The molecule has 0 saturated heterocycles. The topological polar surface area (TPSA) is 45.4 Å². The first kappa shape index (κ1) is 15.7. The number of hydrogen-bond acceptors (Lipinski definition) is 2. The van der Waals surface area contributed by atoms with Crippen LogP contribution in [-0.4, -0.2) is 21.7 Å². The van der Waals surface area contributed by atoms with Gasteiger partial charge in [0.05, 0.1) is 11.0 Å². The Morgan fingerprint density at radius 3 is 1.54 bits per heavy atom. The van der Waals surface area contributed by atoms with Gasteiger partial charge in [-0.15, -0.1) is 0 Å². The van der Waals surface area contributed by atoms with Crippen molar-refractivity contribution in [3.8, 4) is 5.69 Å². The van der Waals surface area contributed by atoms with Crippen LogP contribution in [0.1, 0.15) is 0 Å². The number of hydrogen-bond donors (Lipinski definition) is 2. The zero-order valence-corrected chi connectivity index (χ0v) is 15.0. The molecule has 0 bridgehead atoms. The summed E-state index contributed by atoms with van der Waals surface area (Å²) in [5, 5.41) is 26.4. The van der Waals surface area contributed by atoms with Crippen LogP contribution in [0.4, 0.5) is 0 Å². The van der Waals surface area contributed by atoms with E-state index in [2.05, 4.69) is 65.2 Å². The lowest BCUT2D eigenvalue weighted by atomic mass is 9.80. The highest BCUT2D eigenvalue weighted by molar-refractivity contribution is 6.58. The predicted octanol–water partition coefficient (Wildman–Crippen LogP) is 4.21. The Balaban J connectivity index is 1.82. The van der Waals surface area contributed by atoms with Crippen LogP contribution in [0.25, 0.3) is 49.0 Å². The van der Waals surface area contributed by atoms with Gasteiger partial charge in [-0.25, -0.2) is 0 Å². The van der Waals surface area contributed by atoms with E-state index in [4.69, 9.17) is 0 Å². The van der Waals surface area contributed by atoms with Gasteiger partial charge in [0.25, 0.3) is 0 Å². The minimum atomic E-state index is -1.46. The van der Waals surface area contributed by atoms with Crippen molar-refractivity contribution in [3.63, 3.8) is 0 Å². The maximum Gasteiger partial charge on any atom is 0.488 e. The Morgan fingerprint density at radius 1 is 0.536 bits per heavy atom. The van der Waals surface area contributed by atoms with Crippen molar-refractivity contribution in [2.45, 2.75) is 0 Å². The van der Waals surface area contributed by atoms with E-state index >= 15 is 0 Å². The lowest BCUT2D eigenvalue weighted by Gasteiger charge is -2.09. The average molecular weight is 361 g/mol. The molecule has 1 heterocycles. The van der Waals surface area contributed by atoms with E-state index in [9.17, 15) is 10.0 Å². The molecule has 5 aromatic carbocycles. The molecule has 0 amide bonds. The Hall–Kier alpha value is -3.34. The molecular formula is C24H16BNO2. The Bertz CT molecular complexity index is 1400. The summed E-state index contributed by atoms with van der Waals surface area (Å²) < 4.78 is 2.26. The zero-order valence-electron chi connectivity index (χ0n) is 15.0. The minimum absolute atomic E-state index is 0.489. The predicted molar refractivity (Wildman–Crippen MR) is 117 cm³/mol. The number of rotatable bonds is 2. The molecule has 1 aromatic heterocycles. The highest BCUT2D eigenvalue weighted by atomic mass is 16.4. The van der Waals surface area contributed by atoms with Crippen LogP contribution in [0.5, 0.6) is 0 Å². The molecule has 3 nitrogen and oxygen atoms in total. The fourth-order valence-corrected chi connectivity index (χ4v) is 4.58. The van der Waals surface area contributed by atoms with Gasteiger partial charge in [-0.3, -0.25) is 0 Å². The summed E-state index contributed by atoms with van der Waals surface area (Å²) in [5.41, 5.74) is 3.81. The number of aromatic nitrogens is 1. The molecule has 0 atom stereocenters. The van der Waals surface area contributed by atoms with Gasteiger partial charge in [-0.2, -0.15) is 0 Å². The van der Waals surface area contributed by atoms with E-state index in [1.807, 2.05) is 12.1 Å². The SMILES string of the molecule is OB(O)c1ccc(-n2c3cccc4c5ccccc5c5cccc2c5c43)cc1. The van der Waals surface area contributed by atoms with Crippen LogP contribution in [0, 0.1) is 0 Å². The highest BCUT2D eigenvalue weighted by Crippen LogP contribution is 2.43. The molecule has 0 radical (unpaired) electrons. The monoisotopic (exact) mass is 361 g/mol. The van der Waals surface area contributed by atoms with Gasteiger partial charge in [-0.1, -0.05) is 60.7 Å². The molecule has 0 aliphatic rings. The summed E-state index contributed by atoms with van der Waals surface area (Å²) in [6, 6.07) is 28.9. The van der Waals surface area contributed by atoms with E-state index in [1.54, 1.807) is 12.1 Å². The molecule has 0 aliphatic heterocycles. The fraction of sp³-hybridized carbons (Fsp3) is 0. The molecule has 0 spiro atoms. The van der Waals surface area contributed by atoms with E-state index < -0.39 is 7.12 Å². The third-order valence-corrected chi connectivity index (χ3v) is 5.77. The number of nitrogens with zero attached hydrogens (tertiary/aromatic N) is 1. The maximum absolute atomic E-state index is 9.42. The first-order valence-corrected chi connectivity index (χ1v) is 9.36. The lowest BCUT2D eigenvalue weighted by molar-refractivity contribution is 0.426.